The Bertz CT molecular complexity index is 1120. The molecule has 2 heterocycles. The lowest BCUT2D eigenvalue weighted by Gasteiger charge is -2.05. The van der Waals surface area contributed by atoms with Crippen LogP contribution in [-0.2, 0) is 4.79 Å². The zero-order valence-electron chi connectivity index (χ0n) is 15.7. The van der Waals surface area contributed by atoms with E-state index < -0.39 is 0 Å². The van der Waals surface area contributed by atoms with Crippen LogP contribution in [0.4, 0.5) is 5.69 Å². The topological polar surface area (TPSA) is 73.0 Å². The molecular formula is C22H20N4O2. The summed E-state index contributed by atoms with van der Waals surface area (Å²) in [6.07, 6.45) is 4.60. The Labute approximate surface area is 162 Å². The number of nitrogens with one attached hydrogen (secondary N) is 1. The van der Waals surface area contributed by atoms with Crippen LogP contribution >= 0.6 is 0 Å². The molecule has 28 heavy (non-hydrogen) atoms. The van der Waals surface area contributed by atoms with Gasteiger partial charge in [0.25, 0.3) is 0 Å². The van der Waals surface area contributed by atoms with Gasteiger partial charge in [-0.05, 0) is 60.0 Å². The summed E-state index contributed by atoms with van der Waals surface area (Å²) >= 11 is 0. The lowest BCUT2D eigenvalue weighted by atomic mass is 10.0. The smallest absolute Gasteiger partial charge is 0.248 e. The average Bonchev–Trinajstić information content (AvgIpc) is 3.36. The summed E-state index contributed by atoms with van der Waals surface area (Å²) in [5.41, 5.74) is 4.29. The number of anilines is 1. The highest BCUT2D eigenvalue weighted by molar-refractivity contribution is 6.02. The minimum Gasteiger partial charge on any atom is -0.465 e. The van der Waals surface area contributed by atoms with Gasteiger partial charge in [0.2, 0.25) is 5.91 Å². The van der Waals surface area contributed by atoms with Crippen molar-refractivity contribution >= 4 is 28.7 Å². The third-order valence-electron chi connectivity index (χ3n) is 4.38. The molecule has 0 aliphatic carbocycles. The standard InChI is InChI=1S/C22H20N4O2/c1-15(2)16-5-8-18(9-6-16)26-24-20-11-7-17(14-21(20)25-26)23-22(27)12-10-19-4-3-13-28-19/h3-15H,1-2H3,(H,23,27)/b12-10+. The molecule has 0 bridgehead atoms. The first-order valence-electron chi connectivity index (χ1n) is 9.08. The fourth-order valence-corrected chi connectivity index (χ4v) is 2.83. The largest absolute Gasteiger partial charge is 0.465 e. The first kappa shape index (κ1) is 17.7. The molecule has 0 fully saturated rings. The second-order valence-electron chi connectivity index (χ2n) is 6.78. The molecule has 1 amide bonds. The number of fused-ring (bicyclic) bond motifs is 1. The number of rotatable bonds is 5. The van der Waals surface area contributed by atoms with Crippen LogP contribution in [0.15, 0.2) is 71.4 Å². The first-order chi connectivity index (χ1) is 13.6. The molecule has 6 nitrogen and oxygen atoms in total. The number of aromatic nitrogens is 3. The summed E-state index contributed by atoms with van der Waals surface area (Å²) in [5, 5.41) is 11.9. The number of furan rings is 1. The van der Waals surface area contributed by atoms with Crippen LogP contribution in [-0.4, -0.2) is 20.9 Å². The van der Waals surface area contributed by atoms with Crippen LogP contribution in [0.3, 0.4) is 0 Å². The highest BCUT2D eigenvalue weighted by atomic mass is 16.3. The van der Waals surface area contributed by atoms with Crippen molar-refractivity contribution in [1.29, 1.82) is 0 Å². The summed E-state index contributed by atoms with van der Waals surface area (Å²) in [4.78, 5) is 13.7. The Balaban J connectivity index is 1.52. The van der Waals surface area contributed by atoms with Crippen LogP contribution < -0.4 is 5.32 Å². The first-order valence-corrected chi connectivity index (χ1v) is 9.08. The Hall–Kier alpha value is -3.67. The van der Waals surface area contributed by atoms with Crippen LogP contribution in [0, 0.1) is 0 Å². The van der Waals surface area contributed by atoms with Crippen molar-refractivity contribution in [2.24, 2.45) is 0 Å². The number of hydrogen-bond donors (Lipinski definition) is 1. The van der Waals surface area contributed by atoms with Crippen LogP contribution in [0.2, 0.25) is 0 Å². The fraction of sp³-hybridized carbons (Fsp3) is 0.136. The summed E-state index contributed by atoms with van der Waals surface area (Å²) in [5.74, 6) is 0.858. The molecule has 2 aromatic heterocycles. The molecule has 0 unspecified atom stereocenters. The van der Waals surface area contributed by atoms with Gasteiger partial charge in [-0.25, -0.2) is 0 Å². The monoisotopic (exact) mass is 372 g/mol. The van der Waals surface area contributed by atoms with Gasteiger partial charge in [-0.3, -0.25) is 4.79 Å². The highest BCUT2D eigenvalue weighted by Gasteiger charge is 2.08. The maximum absolute atomic E-state index is 12.1. The Morgan fingerprint density at radius 1 is 1.07 bits per heavy atom. The number of carbonyl (C=O) groups excluding carboxylic acids is 1. The lowest BCUT2D eigenvalue weighted by molar-refractivity contribution is -0.111. The number of carbonyl (C=O) groups is 1. The zero-order chi connectivity index (χ0) is 19.5. The van der Waals surface area contributed by atoms with Crippen molar-refractivity contribution in [2.75, 3.05) is 5.32 Å². The van der Waals surface area contributed by atoms with E-state index >= 15 is 0 Å². The van der Waals surface area contributed by atoms with E-state index in [4.69, 9.17) is 4.42 Å². The summed E-state index contributed by atoms with van der Waals surface area (Å²) in [7, 11) is 0. The van der Waals surface area contributed by atoms with Gasteiger partial charge in [0, 0.05) is 11.8 Å². The molecule has 0 atom stereocenters. The van der Waals surface area contributed by atoms with Crippen molar-refractivity contribution < 1.29 is 9.21 Å². The molecule has 4 rings (SSSR count). The maximum atomic E-state index is 12.1. The van der Waals surface area contributed by atoms with Crippen molar-refractivity contribution in [3.05, 3.63) is 78.3 Å². The normalized spacial score (nSPS) is 11.5. The third-order valence-corrected chi connectivity index (χ3v) is 4.38. The molecule has 0 aliphatic heterocycles. The quantitative estimate of drug-likeness (QED) is 0.511. The molecule has 0 saturated carbocycles. The second-order valence-corrected chi connectivity index (χ2v) is 6.78. The lowest BCUT2D eigenvalue weighted by Crippen LogP contribution is -2.07. The van der Waals surface area contributed by atoms with E-state index in [9.17, 15) is 4.79 Å². The van der Waals surface area contributed by atoms with E-state index in [1.165, 1.54) is 11.6 Å². The molecule has 0 saturated heterocycles. The second kappa shape index (κ2) is 7.52. The van der Waals surface area contributed by atoms with E-state index in [0.29, 0.717) is 22.9 Å². The molecule has 140 valence electrons. The van der Waals surface area contributed by atoms with Crippen molar-refractivity contribution in [2.45, 2.75) is 19.8 Å². The van der Waals surface area contributed by atoms with E-state index in [1.807, 2.05) is 24.3 Å². The van der Waals surface area contributed by atoms with E-state index in [2.05, 4.69) is 41.5 Å². The van der Waals surface area contributed by atoms with Crippen molar-refractivity contribution in [1.82, 2.24) is 15.0 Å². The van der Waals surface area contributed by atoms with Gasteiger partial charge >= 0.3 is 0 Å². The van der Waals surface area contributed by atoms with Crippen LogP contribution in [0.1, 0.15) is 31.1 Å². The predicted octanol–water partition coefficient (Wildman–Crippen LogP) is 4.79. The Kier molecular flexibility index (Phi) is 4.76. The van der Waals surface area contributed by atoms with Crippen molar-refractivity contribution in [3.8, 4) is 5.69 Å². The molecular weight excluding hydrogens is 352 g/mol. The van der Waals surface area contributed by atoms with Gasteiger partial charge in [-0.1, -0.05) is 26.0 Å². The van der Waals surface area contributed by atoms with Gasteiger partial charge in [0.1, 0.15) is 16.8 Å². The zero-order valence-corrected chi connectivity index (χ0v) is 15.7. The summed E-state index contributed by atoms with van der Waals surface area (Å²) in [6, 6.07) is 17.2. The molecule has 6 heteroatoms. The minimum atomic E-state index is -0.243. The maximum Gasteiger partial charge on any atom is 0.248 e. The SMILES string of the molecule is CC(C)c1ccc(-n2nc3ccc(NC(=O)/C=C/c4ccco4)cc3n2)cc1. The molecule has 2 aromatic carbocycles. The Morgan fingerprint density at radius 3 is 2.57 bits per heavy atom. The number of benzene rings is 2. The molecule has 0 spiro atoms. The van der Waals surface area contributed by atoms with Gasteiger partial charge in [0.05, 0.1) is 12.0 Å². The van der Waals surface area contributed by atoms with Gasteiger partial charge < -0.3 is 9.73 Å². The van der Waals surface area contributed by atoms with Gasteiger partial charge in [0.15, 0.2) is 0 Å². The fourth-order valence-electron chi connectivity index (χ4n) is 2.83. The molecule has 0 radical (unpaired) electrons. The van der Waals surface area contributed by atoms with E-state index in [1.54, 1.807) is 35.3 Å². The summed E-state index contributed by atoms with van der Waals surface area (Å²) in [6.45, 7) is 4.32. The van der Waals surface area contributed by atoms with E-state index in [0.717, 1.165) is 11.2 Å². The molecule has 1 N–H and O–H groups in total. The van der Waals surface area contributed by atoms with Crippen molar-refractivity contribution in [3.63, 3.8) is 0 Å². The highest BCUT2D eigenvalue weighted by Crippen LogP contribution is 2.19. The third kappa shape index (κ3) is 3.86. The summed E-state index contributed by atoms with van der Waals surface area (Å²) < 4.78 is 5.17. The molecule has 0 aliphatic rings. The Morgan fingerprint density at radius 2 is 1.86 bits per heavy atom. The predicted molar refractivity (Wildman–Crippen MR) is 109 cm³/mol. The van der Waals surface area contributed by atoms with E-state index in [-0.39, 0.29) is 5.91 Å². The molecule has 4 aromatic rings. The van der Waals surface area contributed by atoms with Gasteiger partial charge in [-0.15, -0.1) is 10.2 Å². The number of amides is 1. The van der Waals surface area contributed by atoms with Crippen LogP contribution in [0.25, 0.3) is 22.8 Å². The number of hydrogen-bond acceptors (Lipinski definition) is 4. The average molecular weight is 372 g/mol. The van der Waals surface area contributed by atoms with Crippen LogP contribution in [0.5, 0.6) is 0 Å². The minimum absolute atomic E-state index is 0.243. The number of nitrogens with zero attached hydrogens (tertiary/aromatic N) is 3. The van der Waals surface area contributed by atoms with Gasteiger partial charge in [-0.2, -0.15) is 4.80 Å².